The van der Waals surface area contributed by atoms with Crippen molar-refractivity contribution in [3.05, 3.63) is 66.6 Å². The Kier molecular flexibility index (Phi) is 6.21. The van der Waals surface area contributed by atoms with Gasteiger partial charge in [-0.2, -0.15) is 0 Å². The molecule has 1 aliphatic heterocycles. The van der Waals surface area contributed by atoms with Gasteiger partial charge in [0.25, 0.3) is 5.91 Å². The van der Waals surface area contributed by atoms with Crippen LogP contribution in [0.1, 0.15) is 6.92 Å². The maximum atomic E-state index is 13.8. The van der Waals surface area contributed by atoms with Crippen molar-refractivity contribution in [2.45, 2.75) is 13.0 Å². The van der Waals surface area contributed by atoms with Crippen LogP contribution in [0.3, 0.4) is 0 Å². The summed E-state index contributed by atoms with van der Waals surface area (Å²) in [4.78, 5) is 20.7. The highest BCUT2D eigenvalue weighted by molar-refractivity contribution is 5.81. The number of hydrogen-bond donors (Lipinski definition) is 1. The molecular weight excluding hydrogens is 399 g/mol. The number of anilines is 3. The summed E-state index contributed by atoms with van der Waals surface area (Å²) in [5.74, 6) is 1.49. The molecule has 1 aliphatic rings. The molecule has 3 heterocycles. The van der Waals surface area contributed by atoms with Crippen molar-refractivity contribution in [3.63, 3.8) is 0 Å². The van der Waals surface area contributed by atoms with Gasteiger partial charge in [0.2, 0.25) is 0 Å². The number of para-hydroxylation sites is 1. The Morgan fingerprint density at radius 3 is 2.45 bits per heavy atom. The summed E-state index contributed by atoms with van der Waals surface area (Å²) in [6.07, 6.45) is 0.938. The molecule has 1 aromatic carbocycles. The minimum absolute atomic E-state index is 0.0802. The van der Waals surface area contributed by atoms with Crippen molar-refractivity contribution >= 4 is 23.4 Å². The van der Waals surface area contributed by atoms with Crippen LogP contribution in [0.25, 0.3) is 0 Å². The fourth-order valence-corrected chi connectivity index (χ4v) is 3.32. The largest absolute Gasteiger partial charge is 0.478 e. The Balaban J connectivity index is 1.30. The number of piperazine rings is 1. The van der Waals surface area contributed by atoms with Crippen molar-refractivity contribution in [2.75, 3.05) is 36.4 Å². The zero-order valence-corrected chi connectivity index (χ0v) is 17.1. The van der Waals surface area contributed by atoms with Gasteiger partial charge in [-0.15, -0.1) is 10.2 Å². The Morgan fingerprint density at radius 2 is 1.77 bits per heavy atom. The molecule has 9 heteroatoms. The number of rotatable bonds is 6. The Hall–Kier alpha value is -3.75. The quantitative estimate of drug-likeness (QED) is 0.654. The maximum absolute atomic E-state index is 13.8. The van der Waals surface area contributed by atoms with Crippen molar-refractivity contribution < 1.29 is 13.9 Å². The molecule has 0 radical (unpaired) electrons. The van der Waals surface area contributed by atoms with Gasteiger partial charge in [0.1, 0.15) is 5.82 Å². The first-order valence-corrected chi connectivity index (χ1v) is 10.1. The first-order valence-electron chi connectivity index (χ1n) is 10.1. The number of carbonyl (C=O) groups is 1. The summed E-state index contributed by atoms with van der Waals surface area (Å²) in [7, 11) is 0. The van der Waals surface area contributed by atoms with Gasteiger partial charge >= 0.3 is 0 Å². The van der Waals surface area contributed by atoms with Crippen LogP contribution in [0.15, 0.2) is 60.8 Å². The summed E-state index contributed by atoms with van der Waals surface area (Å²) in [6, 6.07) is 15.4. The van der Waals surface area contributed by atoms with Gasteiger partial charge < -0.3 is 19.9 Å². The molecular formula is C22H23FN6O2. The minimum atomic E-state index is -0.764. The van der Waals surface area contributed by atoms with E-state index in [4.69, 9.17) is 4.74 Å². The molecule has 160 valence electrons. The van der Waals surface area contributed by atoms with Crippen LogP contribution in [-0.4, -0.2) is 58.3 Å². The first-order chi connectivity index (χ1) is 15.1. The van der Waals surface area contributed by atoms with Crippen molar-refractivity contribution in [1.82, 2.24) is 20.1 Å². The fraction of sp³-hybridized carbons (Fsp3) is 0.273. The van der Waals surface area contributed by atoms with Gasteiger partial charge in [-0.1, -0.05) is 18.2 Å². The van der Waals surface area contributed by atoms with Gasteiger partial charge in [-0.05, 0) is 43.3 Å². The van der Waals surface area contributed by atoms with E-state index in [1.165, 1.54) is 12.1 Å². The summed E-state index contributed by atoms with van der Waals surface area (Å²) in [5.41, 5.74) is 0. The summed E-state index contributed by atoms with van der Waals surface area (Å²) < 4.78 is 19.3. The molecule has 1 amide bonds. The van der Waals surface area contributed by atoms with Gasteiger partial charge in [-0.3, -0.25) is 4.79 Å². The highest BCUT2D eigenvalue weighted by Crippen LogP contribution is 2.19. The minimum Gasteiger partial charge on any atom is -0.478 e. The fourth-order valence-electron chi connectivity index (χ4n) is 3.32. The van der Waals surface area contributed by atoms with E-state index in [9.17, 15) is 9.18 Å². The molecule has 4 rings (SSSR count). The Morgan fingerprint density at radius 1 is 1.00 bits per heavy atom. The number of aromatic nitrogens is 3. The van der Waals surface area contributed by atoms with Gasteiger partial charge in [0, 0.05) is 32.4 Å². The van der Waals surface area contributed by atoms with Crippen LogP contribution in [-0.2, 0) is 4.79 Å². The average molecular weight is 422 g/mol. The van der Waals surface area contributed by atoms with Crippen LogP contribution in [0, 0.1) is 5.82 Å². The highest BCUT2D eigenvalue weighted by atomic mass is 19.1. The molecule has 31 heavy (non-hydrogen) atoms. The number of halogens is 1. The highest BCUT2D eigenvalue weighted by Gasteiger charge is 2.27. The molecule has 1 saturated heterocycles. The van der Waals surface area contributed by atoms with Crippen molar-refractivity contribution in [3.8, 4) is 5.75 Å². The molecule has 0 aliphatic carbocycles. The Bertz CT molecular complexity index is 1010. The predicted molar refractivity (Wildman–Crippen MR) is 115 cm³/mol. The van der Waals surface area contributed by atoms with E-state index >= 15 is 0 Å². The van der Waals surface area contributed by atoms with Crippen LogP contribution in [0.4, 0.5) is 21.8 Å². The lowest BCUT2D eigenvalue weighted by Gasteiger charge is -2.36. The lowest BCUT2D eigenvalue weighted by molar-refractivity contribution is -0.138. The normalized spacial score (nSPS) is 14.8. The average Bonchev–Trinajstić information content (AvgIpc) is 2.81. The van der Waals surface area contributed by atoms with E-state index < -0.39 is 11.9 Å². The predicted octanol–water partition coefficient (Wildman–Crippen LogP) is 2.87. The van der Waals surface area contributed by atoms with E-state index in [0.717, 1.165) is 5.82 Å². The van der Waals surface area contributed by atoms with E-state index in [1.54, 1.807) is 30.2 Å². The first kappa shape index (κ1) is 20.5. The molecule has 2 aromatic heterocycles. The van der Waals surface area contributed by atoms with Crippen LogP contribution < -0.4 is 15.0 Å². The monoisotopic (exact) mass is 422 g/mol. The van der Waals surface area contributed by atoms with E-state index in [1.807, 2.05) is 30.3 Å². The number of amides is 1. The summed E-state index contributed by atoms with van der Waals surface area (Å²) >= 11 is 0. The third-order valence-corrected chi connectivity index (χ3v) is 4.98. The lowest BCUT2D eigenvalue weighted by Crippen LogP contribution is -2.52. The SMILES string of the molecule is CC(Oc1ccccc1F)C(=O)N1CCN(c2ccc(Nc3ccccn3)nn2)CC1. The molecule has 1 fully saturated rings. The van der Waals surface area contributed by atoms with Crippen LogP contribution >= 0.6 is 0 Å². The zero-order valence-electron chi connectivity index (χ0n) is 17.1. The van der Waals surface area contributed by atoms with Gasteiger partial charge in [0.15, 0.2) is 29.3 Å². The number of nitrogens with zero attached hydrogens (tertiary/aromatic N) is 5. The summed E-state index contributed by atoms with van der Waals surface area (Å²) in [5, 5.41) is 11.6. The van der Waals surface area contributed by atoms with E-state index in [0.29, 0.717) is 37.8 Å². The summed E-state index contributed by atoms with van der Waals surface area (Å²) in [6.45, 7) is 3.94. The molecule has 8 nitrogen and oxygen atoms in total. The number of ether oxygens (including phenoxy) is 1. The standard InChI is InChI=1S/C22H23FN6O2/c1-16(31-18-7-3-2-6-17(18)23)22(30)29-14-12-28(13-15-29)21-10-9-20(26-27-21)25-19-8-4-5-11-24-19/h2-11,16H,12-15H2,1H3,(H,24,25,26). The number of hydrogen-bond acceptors (Lipinski definition) is 7. The van der Waals surface area contributed by atoms with Crippen LogP contribution in [0.5, 0.6) is 5.75 Å². The number of nitrogens with one attached hydrogen (secondary N) is 1. The van der Waals surface area contributed by atoms with Crippen molar-refractivity contribution in [2.24, 2.45) is 0 Å². The molecule has 0 spiro atoms. The van der Waals surface area contributed by atoms with E-state index in [2.05, 4.69) is 25.4 Å². The molecule has 1 unspecified atom stereocenters. The Labute approximate surface area is 179 Å². The second-order valence-electron chi connectivity index (χ2n) is 7.12. The van der Waals surface area contributed by atoms with Gasteiger partial charge in [-0.25, -0.2) is 9.37 Å². The molecule has 3 aromatic rings. The van der Waals surface area contributed by atoms with Crippen molar-refractivity contribution in [1.29, 1.82) is 0 Å². The van der Waals surface area contributed by atoms with Gasteiger partial charge in [0.05, 0.1) is 0 Å². The lowest BCUT2D eigenvalue weighted by atomic mass is 10.2. The van der Waals surface area contributed by atoms with Crippen LogP contribution in [0.2, 0.25) is 0 Å². The topological polar surface area (TPSA) is 83.5 Å². The second kappa shape index (κ2) is 9.38. The number of pyridine rings is 1. The molecule has 1 N–H and O–H groups in total. The molecule has 0 bridgehead atoms. The second-order valence-corrected chi connectivity index (χ2v) is 7.12. The smallest absolute Gasteiger partial charge is 0.263 e. The zero-order chi connectivity index (χ0) is 21.6. The maximum Gasteiger partial charge on any atom is 0.263 e. The molecule has 0 saturated carbocycles. The van der Waals surface area contributed by atoms with E-state index in [-0.39, 0.29) is 11.7 Å². The number of benzene rings is 1. The third-order valence-electron chi connectivity index (χ3n) is 4.98. The number of carbonyl (C=O) groups excluding carboxylic acids is 1. The molecule has 1 atom stereocenters. The third kappa shape index (κ3) is 5.06.